The molecule has 1 atom stereocenters. The lowest BCUT2D eigenvalue weighted by molar-refractivity contribution is -0.123. The highest BCUT2D eigenvalue weighted by molar-refractivity contribution is 6.02. The van der Waals surface area contributed by atoms with E-state index in [1.807, 2.05) is 19.2 Å². The van der Waals surface area contributed by atoms with Crippen molar-refractivity contribution in [1.82, 2.24) is 0 Å². The minimum atomic E-state index is -1.01. The van der Waals surface area contributed by atoms with Gasteiger partial charge in [-0.2, -0.15) is 0 Å². The van der Waals surface area contributed by atoms with E-state index in [2.05, 4.69) is 17.1 Å². The first kappa shape index (κ1) is 11.0. The number of carbonyl (C=O) groups excluding carboxylic acids is 1. The molecule has 0 saturated carbocycles. The third kappa shape index (κ3) is 1.76. The number of benzene rings is 1. The maximum Gasteiger partial charge on any atom is 0.257 e. The summed E-state index contributed by atoms with van der Waals surface area (Å²) in [6.45, 7) is 3.09. The Labute approximate surface area is 94.9 Å². The Morgan fingerprint density at radius 3 is 2.94 bits per heavy atom. The van der Waals surface area contributed by atoms with E-state index < -0.39 is 6.10 Å². The monoisotopic (exact) mass is 220 g/mol. The molecule has 1 aromatic rings. The summed E-state index contributed by atoms with van der Waals surface area (Å²) in [5.74, 6) is -0.342. The number of carbonyl (C=O) groups is 1. The Balaban J connectivity index is 2.28. The van der Waals surface area contributed by atoms with Gasteiger partial charge in [0.1, 0.15) is 0 Å². The van der Waals surface area contributed by atoms with Crippen molar-refractivity contribution in [3.05, 3.63) is 23.8 Å². The van der Waals surface area contributed by atoms with E-state index >= 15 is 0 Å². The van der Waals surface area contributed by atoms with Crippen LogP contribution in [0, 0.1) is 0 Å². The highest BCUT2D eigenvalue weighted by Gasteiger charge is 2.28. The lowest BCUT2D eigenvalue weighted by Gasteiger charge is -2.19. The number of nitrogens with one attached hydrogen (secondary N) is 1. The summed E-state index contributed by atoms with van der Waals surface area (Å²) in [7, 11) is 2.01. The lowest BCUT2D eigenvalue weighted by atomic mass is 10.1. The van der Waals surface area contributed by atoms with Crippen molar-refractivity contribution in [3.8, 4) is 0 Å². The number of anilines is 2. The topological polar surface area (TPSA) is 52.6 Å². The van der Waals surface area contributed by atoms with E-state index in [1.165, 1.54) is 0 Å². The van der Waals surface area contributed by atoms with Gasteiger partial charge in [-0.1, -0.05) is 13.0 Å². The van der Waals surface area contributed by atoms with Crippen LogP contribution in [0.25, 0.3) is 0 Å². The first-order chi connectivity index (χ1) is 7.63. The maximum atomic E-state index is 11.3. The van der Waals surface area contributed by atoms with Crippen LogP contribution < -0.4 is 10.2 Å². The van der Waals surface area contributed by atoms with Crippen LogP contribution in [0.2, 0.25) is 0 Å². The Kier molecular flexibility index (Phi) is 2.83. The highest BCUT2D eigenvalue weighted by atomic mass is 16.3. The third-order valence-electron chi connectivity index (χ3n) is 2.84. The molecule has 0 bridgehead atoms. The maximum absolute atomic E-state index is 11.3. The van der Waals surface area contributed by atoms with E-state index in [0.717, 1.165) is 24.3 Å². The van der Waals surface area contributed by atoms with Crippen LogP contribution in [-0.2, 0) is 4.79 Å². The number of amides is 1. The first-order valence-corrected chi connectivity index (χ1v) is 5.47. The number of hydrogen-bond acceptors (Lipinski definition) is 3. The van der Waals surface area contributed by atoms with Gasteiger partial charge in [-0.15, -0.1) is 0 Å². The molecule has 4 nitrogen and oxygen atoms in total. The average Bonchev–Trinajstić information content (AvgIpc) is 2.55. The van der Waals surface area contributed by atoms with Gasteiger partial charge in [-0.05, 0) is 18.6 Å². The van der Waals surface area contributed by atoms with Crippen LogP contribution in [0.1, 0.15) is 25.0 Å². The quantitative estimate of drug-likeness (QED) is 0.812. The highest BCUT2D eigenvalue weighted by Crippen LogP contribution is 2.33. The Morgan fingerprint density at radius 1 is 1.50 bits per heavy atom. The van der Waals surface area contributed by atoms with Crippen molar-refractivity contribution < 1.29 is 9.90 Å². The molecule has 86 valence electrons. The normalized spacial score (nSPS) is 18.2. The second-order valence-corrected chi connectivity index (χ2v) is 4.08. The largest absolute Gasteiger partial charge is 0.378 e. The second-order valence-electron chi connectivity index (χ2n) is 4.08. The van der Waals surface area contributed by atoms with Gasteiger partial charge < -0.3 is 15.3 Å². The van der Waals surface area contributed by atoms with Gasteiger partial charge in [0, 0.05) is 30.5 Å². The molecule has 2 rings (SSSR count). The minimum absolute atomic E-state index is 0.342. The van der Waals surface area contributed by atoms with Gasteiger partial charge >= 0.3 is 0 Å². The predicted molar refractivity (Wildman–Crippen MR) is 63.6 cm³/mol. The van der Waals surface area contributed by atoms with Gasteiger partial charge in [-0.25, -0.2) is 0 Å². The molecule has 1 aliphatic rings. The molecule has 0 aliphatic carbocycles. The van der Waals surface area contributed by atoms with Gasteiger partial charge in [0.25, 0.3) is 5.91 Å². The van der Waals surface area contributed by atoms with E-state index in [4.69, 9.17) is 0 Å². The van der Waals surface area contributed by atoms with Crippen LogP contribution in [0.5, 0.6) is 0 Å². The molecule has 1 aromatic carbocycles. The fraction of sp³-hybridized carbons (Fsp3) is 0.417. The summed E-state index contributed by atoms with van der Waals surface area (Å²) >= 11 is 0. The summed E-state index contributed by atoms with van der Waals surface area (Å²) in [6, 6.07) is 5.64. The number of rotatable bonds is 3. The predicted octanol–water partition coefficient (Wildman–Crippen LogP) is 1.52. The van der Waals surface area contributed by atoms with Gasteiger partial charge in [0.2, 0.25) is 0 Å². The van der Waals surface area contributed by atoms with Crippen LogP contribution in [-0.4, -0.2) is 24.6 Å². The summed E-state index contributed by atoms with van der Waals surface area (Å²) < 4.78 is 0. The van der Waals surface area contributed by atoms with Crippen molar-refractivity contribution in [2.45, 2.75) is 19.4 Å². The second kappa shape index (κ2) is 4.14. The first-order valence-electron chi connectivity index (χ1n) is 5.47. The number of aliphatic hydroxyl groups is 1. The van der Waals surface area contributed by atoms with Crippen molar-refractivity contribution in [3.63, 3.8) is 0 Å². The molecule has 0 saturated heterocycles. The molecule has 0 aromatic heterocycles. The Bertz CT molecular complexity index is 417. The van der Waals surface area contributed by atoms with Crippen LogP contribution in [0.4, 0.5) is 11.4 Å². The molecular formula is C12H16N2O2. The third-order valence-corrected chi connectivity index (χ3v) is 2.84. The molecular weight excluding hydrogens is 204 g/mol. The van der Waals surface area contributed by atoms with Crippen LogP contribution in [0.3, 0.4) is 0 Å². The zero-order valence-electron chi connectivity index (χ0n) is 9.53. The fourth-order valence-electron chi connectivity index (χ4n) is 1.94. The average molecular weight is 220 g/mol. The van der Waals surface area contributed by atoms with E-state index in [1.54, 1.807) is 6.07 Å². The van der Waals surface area contributed by atoms with E-state index in [0.29, 0.717) is 5.56 Å². The zero-order chi connectivity index (χ0) is 11.7. The molecule has 1 heterocycles. The number of hydrogen-bond donors (Lipinski definition) is 2. The standard InChI is InChI=1S/C12H16N2O2/c1-3-6-14(2)8-4-5-9-10(7-8)13-12(16)11(9)15/h4-5,7,11,15H,3,6H2,1-2H3,(H,13,16). The van der Waals surface area contributed by atoms with Crippen molar-refractivity contribution >= 4 is 17.3 Å². The molecule has 16 heavy (non-hydrogen) atoms. The fourth-order valence-corrected chi connectivity index (χ4v) is 1.94. The van der Waals surface area contributed by atoms with Crippen molar-refractivity contribution in [1.29, 1.82) is 0 Å². The zero-order valence-corrected chi connectivity index (χ0v) is 9.53. The number of fused-ring (bicyclic) bond motifs is 1. The molecule has 1 amide bonds. The summed E-state index contributed by atoms with van der Waals surface area (Å²) in [5.41, 5.74) is 2.44. The van der Waals surface area contributed by atoms with Gasteiger partial charge in [0.15, 0.2) is 6.10 Å². The minimum Gasteiger partial charge on any atom is -0.378 e. The molecule has 0 radical (unpaired) electrons. The Hall–Kier alpha value is -1.55. The molecule has 4 heteroatoms. The summed E-state index contributed by atoms with van der Waals surface area (Å²) in [5, 5.41) is 12.2. The SMILES string of the molecule is CCCN(C)c1ccc2c(c1)NC(=O)C2O. The van der Waals surface area contributed by atoms with E-state index in [-0.39, 0.29) is 5.91 Å². The molecule has 0 fully saturated rings. The lowest BCUT2D eigenvalue weighted by Crippen LogP contribution is -2.17. The smallest absolute Gasteiger partial charge is 0.257 e. The van der Waals surface area contributed by atoms with Crippen molar-refractivity contribution in [2.75, 3.05) is 23.8 Å². The number of nitrogens with zero attached hydrogens (tertiary/aromatic N) is 1. The van der Waals surface area contributed by atoms with Crippen LogP contribution >= 0.6 is 0 Å². The summed E-state index contributed by atoms with van der Waals surface area (Å²) in [6.07, 6.45) is 0.0586. The summed E-state index contributed by atoms with van der Waals surface area (Å²) in [4.78, 5) is 13.4. The van der Waals surface area contributed by atoms with Crippen molar-refractivity contribution in [2.24, 2.45) is 0 Å². The van der Waals surface area contributed by atoms with Gasteiger partial charge in [0.05, 0.1) is 0 Å². The number of aliphatic hydroxyl groups excluding tert-OH is 1. The molecule has 1 unspecified atom stereocenters. The van der Waals surface area contributed by atoms with Gasteiger partial charge in [-0.3, -0.25) is 4.79 Å². The molecule has 1 aliphatic heterocycles. The molecule has 0 spiro atoms. The Morgan fingerprint density at radius 2 is 2.25 bits per heavy atom. The van der Waals surface area contributed by atoms with Crippen LogP contribution in [0.15, 0.2) is 18.2 Å². The van der Waals surface area contributed by atoms with E-state index in [9.17, 15) is 9.90 Å². The molecule has 2 N–H and O–H groups in total.